The molecule has 0 aliphatic heterocycles. The van der Waals surface area contributed by atoms with Crippen molar-refractivity contribution < 1.29 is 12.8 Å². The first-order valence-electron chi connectivity index (χ1n) is 6.08. The van der Waals surface area contributed by atoms with Crippen LogP contribution in [0.25, 0.3) is 16.7 Å². The Balaban J connectivity index is 2.45. The first kappa shape index (κ1) is 14.0. The Labute approximate surface area is 125 Å². The number of hydrogen-bond donors (Lipinski definition) is 1. The van der Waals surface area contributed by atoms with Gasteiger partial charge in [-0.25, -0.2) is 12.8 Å². The summed E-state index contributed by atoms with van der Waals surface area (Å²) in [5.74, 6) is -0.431. The fraction of sp³-hybridized carbons (Fsp3) is 0.0714. The van der Waals surface area contributed by atoms with E-state index in [0.29, 0.717) is 11.0 Å². The number of benzene rings is 2. The van der Waals surface area contributed by atoms with Gasteiger partial charge in [-0.3, -0.25) is 4.57 Å². The minimum Gasteiger partial charge on any atom is -0.329 e. The molecule has 0 saturated carbocycles. The number of rotatable bonds is 2. The van der Waals surface area contributed by atoms with Crippen molar-refractivity contribution in [2.45, 2.75) is 4.90 Å². The lowest BCUT2D eigenvalue weighted by Crippen LogP contribution is -1.99. The number of aromatic amines is 1. The molecule has 1 heterocycles. The van der Waals surface area contributed by atoms with Gasteiger partial charge in [0.05, 0.1) is 21.6 Å². The summed E-state index contributed by atoms with van der Waals surface area (Å²) in [7, 11) is -3.41. The Kier molecular flexibility index (Phi) is 3.18. The highest BCUT2D eigenvalue weighted by molar-refractivity contribution is 7.91. The van der Waals surface area contributed by atoms with E-state index in [9.17, 15) is 12.8 Å². The Morgan fingerprint density at radius 1 is 1.14 bits per heavy atom. The zero-order valence-corrected chi connectivity index (χ0v) is 12.6. The van der Waals surface area contributed by atoms with E-state index >= 15 is 0 Å². The minimum absolute atomic E-state index is 0.140. The number of sulfone groups is 1. The van der Waals surface area contributed by atoms with Crippen LogP contribution in [0.2, 0.25) is 0 Å². The average Bonchev–Trinajstić information content (AvgIpc) is 2.74. The molecule has 0 fully saturated rings. The van der Waals surface area contributed by atoms with Crippen LogP contribution in [0.1, 0.15) is 0 Å². The molecule has 3 rings (SSSR count). The lowest BCUT2D eigenvalue weighted by atomic mass is 10.2. The largest absolute Gasteiger partial charge is 0.329 e. The van der Waals surface area contributed by atoms with Crippen molar-refractivity contribution in [2.24, 2.45) is 0 Å². The highest BCUT2D eigenvalue weighted by Gasteiger charge is 2.17. The first-order chi connectivity index (χ1) is 9.89. The predicted octanol–water partition coefficient (Wildman–Crippen LogP) is 3.23. The van der Waals surface area contributed by atoms with Crippen LogP contribution in [-0.2, 0) is 9.84 Å². The first-order valence-corrected chi connectivity index (χ1v) is 8.38. The van der Waals surface area contributed by atoms with E-state index in [1.54, 1.807) is 30.3 Å². The molecule has 0 aliphatic carbocycles. The van der Waals surface area contributed by atoms with E-state index in [4.69, 9.17) is 12.2 Å². The molecule has 4 nitrogen and oxygen atoms in total. The van der Waals surface area contributed by atoms with Crippen LogP contribution in [0.3, 0.4) is 0 Å². The molecule has 0 aliphatic rings. The number of halogens is 1. The number of hydrogen-bond acceptors (Lipinski definition) is 3. The van der Waals surface area contributed by atoms with Crippen molar-refractivity contribution in [1.29, 1.82) is 0 Å². The number of imidazole rings is 1. The maximum absolute atomic E-state index is 14.0. The Morgan fingerprint density at radius 3 is 2.52 bits per heavy atom. The molecule has 1 aromatic heterocycles. The number of para-hydroxylation sites is 2. The van der Waals surface area contributed by atoms with E-state index in [0.717, 1.165) is 6.26 Å². The fourth-order valence-electron chi connectivity index (χ4n) is 2.28. The summed E-state index contributed by atoms with van der Waals surface area (Å²) in [4.78, 5) is 3.00. The Morgan fingerprint density at radius 2 is 1.86 bits per heavy atom. The quantitative estimate of drug-likeness (QED) is 0.737. The SMILES string of the molecule is CS(=O)(=O)c1cccc2c1[nH]c(=S)n2-c1ccccc1F. The number of fused-ring (bicyclic) bond motifs is 1. The van der Waals surface area contributed by atoms with Crippen molar-refractivity contribution in [3.63, 3.8) is 0 Å². The monoisotopic (exact) mass is 322 g/mol. The molecule has 7 heteroatoms. The second-order valence-corrected chi connectivity index (χ2v) is 7.01. The normalized spacial score (nSPS) is 11.9. The maximum atomic E-state index is 14.0. The topological polar surface area (TPSA) is 54.9 Å². The molecule has 0 spiro atoms. The summed E-state index contributed by atoms with van der Waals surface area (Å²) in [5.41, 5.74) is 1.18. The third-order valence-corrected chi connectivity index (χ3v) is 4.60. The van der Waals surface area contributed by atoms with Gasteiger partial charge in [0, 0.05) is 6.26 Å². The van der Waals surface area contributed by atoms with Crippen LogP contribution in [-0.4, -0.2) is 24.2 Å². The van der Waals surface area contributed by atoms with Crippen LogP contribution < -0.4 is 0 Å². The second-order valence-electron chi connectivity index (χ2n) is 4.64. The maximum Gasteiger partial charge on any atom is 0.182 e. The predicted molar refractivity (Wildman–Crippen MR) is 81.5 cm³/mol. The van der Waals surface area contributed by atoms with Gasteiger partial charge in [-0.05, 0) is 36.5 Å². The lowest BCUT2D eigenvalue weighted by Gasteiger charge is -2.06. The zero-order valence-electron chi connectivity index (χ0n) is 11.0. The van der Waals surface area contributed by atoms with Crippen LogP contribution in [0.5, 0.6) is 0 Å². The second kappa shape index (κ2) is 4.78. The van der Waals surface area contributed by atoms with Gasteiger partial charge in [0.1, 0.15) is 5.82 Å². The number of H-pyrrole nitrogens is 1. The van der Waals surface area contributed by atoms with Gasteiger partial charge in [-0.15, -0.1) is 0 Å². The van der Waals surface area contributed by atoms with Gasteiger partial charge in [0.15, 0.2) is 14.6 Å². The zero-order chi connectivity index (χ0) is 15.2. The lowest BCUT2D eigenvalue weighted by molar-refractivity contribution is 0.602. The number of nitrogens with zero attached hydrogens (tertiary/aromatic N) is 1. The highest BCUT2D eigenvalue weighted by atomic mass is 32.2. The molecule has 0 amide bonds. The molecule has 0 unspecified atom stereocenters. The van der Waals surface area contributed by atoms with Gasteiger partial charge < -0.3 is 4.98 Å². The van der Waals surface area contributed by atoms with E-state index in [1.807, 2.05) is 0 Å². The summed E-state index contributed by atoms with van der Waals surface area (Å²) in [6, 6.07) is 11.0. The molecule has 2 aromatic carbocycles. The van der Waals surface area contributed by atoms with Gasteiger partial charge >= 0.3 is 0 Å². The molecular formula is C14H11FN2O2S2. The van der Waals surface area contributed by atoms with Crippen LogP contribution in [0.15, 0.2) is 47.4 Å². The van der Waals surface area contributed by atoms with Gasteiger partial charge in [-0.2, -0.15) is 0 Å². The van der Waals surface area contributed by atoms with Crippen molar-refractivity contribution >= 4 is 33.1 Å². The summed E-state index contributed by atoms with van der Waals surface area (Å²) >= 11 is 5.22. The van der Waals surface area contributed by atoms with E-state index in [2.05, 4.69) is 4.98 Å². The van der Waals surface area contributed by atoms with Gasteiger partial charge in [0.2, 0.25) is 0 Å². The van der Waals surface area contributed by atoms with Gasteiger partial charge in [-0.1, -0.05) is 18.2 Å². The molecule has 0 radical (unpaired) electrons. The molecule has 108 valence electrons. The van der Waals surface area contributed by atoms with Crippen LogP contribution in [0.4, 0.5) is 4.39 Å². The van der Waals surface area contributed by atoms with E-state index in [1.165, 1.54) is 16.7 Å². The summed E-state index contributed by atoms with van der Waals surface area (Å²) in [6.45, 7) is 0. The number of aromatic nitrogens is 2. The molecule has 1 N–H and O–H groups in total. The summed E-state index contributed by atoms with van der Waals surface area (Å²) in [5, 5.41) is 0. The molecule has 0 bridgehead atoms. The highest BCUT2D eigenvalue weighted by Crippen LogP contribution is 2.26. The molecule has 21 heavy (non-hydrogen) atoms. The summed E-state index contributed by atoms with van der Waals surface area (Å²) < 4.78 is 39.4. The molecule has 0 saturated heterocycles. The molecule has 3 aromatic rings. The summed E-state index contributed by atoms with van der Waals surface area (Å²) in [6.07, 6.45) is 1.12. The minimum atomic E-state index is -3.41. The van der Waals surface area contributed by atoms with Crippen molar-refractivity contribution in [3.8, 4) is 5.69 Å². The van der Waals surface area contributed by atoms with E-state index in [-0.39, 0.29) is 15.4 Å². The Bertz CT molecular complexity index is 1000. The third kappa shape index (κ3) is 2.28. The standard InChI is InChI=1S/C14H11FN2O2S2/c1-21(18,19)12-8-4-7-11-13(12)16-14(20)17(11)10-6-3-2-5-9(10)15/h2-8H,1H3,(H,16,20). The Hall–Kier alpha value is -1.99. The van der Waals surface area contributed by atoms with Crippen molar-refractivity contribution in [3.05, 3.63) is 53.1 Å². The van der Waals surface area contributed by atoms with Gasteiger partial charge in [0.25, 0.3) is 0 Å². The van der Waals surface area contributed by atoms with E-state index < -0.39 is 15.7 Å². The molecular weight excluding hydrogens is 311 g/mol. The number of nitrogens with one attached hydrogen (secondary N) is 1. The van der Waals surface area contributed by atoms with Crippen molar-refractivity contribution in [1.82, 2.24) is 9.55 Å². The third-order valence-electron chi connectivity index (χ3n) is 3.17. The fourth-order valence-corrected chi connectivity index (χ4v) is 3.44. The van der Waals surface area contributed by atoms with Crippen LogP contribution in [0, 0.1) is 10.6 Å². The average molecular weight is 322 g/mol. The van der Waals surface area contributed by atoms with Crippen molar-refractivity contribution in [2.75, 3.05) is 6.26 Å². The molecule has 0 atom stereocenters. The van der Waals surface area contributed by atoms with Crippen LogP contribution >= 0.6 is 12.2 Å². The smallest absolute Gasteiger partial charge is 0.182 e.